The molecule has 1 aromatic carbocycles. The molecule has 7 nitrogen and oxygen atoms in total. The molecular formula is C16H24NO6P. The Bertz CT molecular complexity index is 577. The topological polar surface area (TPSA) is 102 Å². The molecule has 2 N–H and O–H groups in total. The fraction of sp³-hybridized carbons (Fsp3) is 0.500. The van der Waals surface area contributed by atoms with Crippen LogP contribution in [0, 0.1) is 0 Å². The first-order valence-corrected chi connectivity index (χ1v) is 9.83. The number of amides is 1. The van der Waals surface area contributed by atoms with Gasteiger partial charge in [-0.25, -0.2) is 9.59 Å². The van der Waals surface area contributed by atoms with Gasteiger partial charge in [-0.3, -0.25) is 4.57 Å². The van der Waals surface area contributed by atoms with Gasteiger partial charge in [0.05, 0.1) is 5.56 Å². The lowest BCUT2D eigenvalue weighted by Crippen LogP contribution is -2.34. The normalized spacial score (nSPS) is 14.3. The lowest BCUT2D eigenvalue weighted by atomic mass is 10.2. The molecule has 0 aliphatic heterocycles. The molecule has 0 aliphatic rings. The number of benzene rings is 1. The second-order valence-electron chi connectivity index (χ2n) is 5.48. The third-order valence-corrected chi connectivity index (χ3v) is 5.34. The van der Waals surface area contributed by atoms with Crippen molar-refractivity contribution in [2.45, 2.75) is 32.7 Å². The van der Waals surface area contributed by atoms with Crippen LogP contribution in [0.2, 0.25) is 0 Å². The van der Waals surface area contributed by atoms with Crippen LogP contribution in [0.3, 0.4) is 0 Å². The summed E-state index contributed by atoms with van der Waals surface area (Å²) >= 11 is 0. The summed E-state index contributed by atoms with van der Waals surface area (Å²) < 4.78 is 21.3. The minimum atomic E-state index is -3.12. The van der Waals surface area contributed by atoms with Crippen LogP contribution in [0.15, 0.2) is 30.3 Å². The van der Waals surface area contributed by atoms with Gasteiger partial charge in [-0.05, 0) is 31.9 Å². The number of carbonyl (C=O) groups excluding carboxylic acids is 2. The first kappa shape index (κ1) is 20.2. The Morgan fingerprint density at radius 1 is 1.21 bits per heavy atom. The van der Waals surface area contributed by atoms with E-state index in [4.69, 9.17) is 9.47 Å². The van der Waals surface area contributed by atoms with Gasteiger partial charge < -0.3 is 19.7 Å². The zero-order valence-corrected chi connectivity index (χ0v) is 14.8. The van der Waals surface area contributed by atoms with Gasteiger partial charge in [0.25, 0.3) is 0 Å². The molecule has 8 heteroatoms. The molecule has 0 heterocycles. The van der Waals surface area contributed by atoms with E-state index in [1.807, 2.05) is 6.92 Å². The average Bonchev–Trinajstić information content (AvgIpc) is 2.54. The Hall–Kier alpha value is -1.85. The molecule has 1 aromatic rings. The molecule has 1 amide bonds. The van der Waals surface area contributed by atoms with E-state index >= 15 is 0 Å². The first-order chi connectivity index (χ1) is 11.3. The second kappa shape index (κ2) is 10.1. The highest BCUT2D eigenvalue weighted by molar-refractivity contribution is 7.57. The van der Waals surface area contributed by atoms with Crippen LogP contribution in [-0.4, -0.2) is 42.1 Å². The summed E-state index contributed by atoms with van der Waals surface area (Å²) in [5.74, 6) is -0.586. The smallest absolute Gasteiger partial charge is 0.410 e. The van der Waals surface area contributed by atoms with Gasteiger partial charge >= 0.3 is 12.1 Å². The van der Waals surface area contributed by atoms with Crippen molar-refractivity contribution in [3.63, 3.8) is 0 Å². The number of esters is 1. The summed E-state index contributed by atoms with van der Waals surface area (Å²) in [5, 5.41) is 2.52. The molecule has 134 valence electrons. The van der Waals surface area contributed by atoms with Crippen molar-refractivity contribution in [2.75, 3.05) is 19.1 Å². The Kier molecular flexibility index (Phi) is 8.50. The van der Waals surface area contributed by atoms with Crippen molar-refractivity contribution in [2.24, 2.45) is 0 Å². The van der Waals surface area contributed by atoms with Crippen molar-refractivity contribution in [1.29, 1.82) is 0 Å². The van der Waals surface area contributed by atoms with E-state index in [-0.39, 0.29) is 18.4 Å². The molecule has 2 unspecified atom stereocenters. The van der Waals surface area contributed by atoms with Crippen molar-refractivity contribution < 1.29 is 28.5 Å². The van der Waals surface area contributed by atoms with Gasteiger partial charge in [-0.15, -0.1) is 0 Å². The fourth-order valence-corrected chi connectivity index (χ4v) is 3.68. The van der Waals surface area contributed by atoms with Crippen LogP contribution < -0.4 is 5.32 Å². The minimum absolute atomic E-state index is 0.144. The predicted octanol–water partition coefficient (Wildman–Crippen LogP) is 2.99. The van der Waals surface area contributed by atoms with Crippen LogP contribution in [0.5, 0.6) is 0 Å². The number of hydrogen-bond donors (Lipinski definition) is 2. The summed E-state index contributed by atoms with van der Waals surface area (Å²) in [4.78, 5) is 32.9. The number of carbonyl (C=O) groups is 2. The van der Waals surface area contributed by atoms with Gasteiger partial charge in [-0.2, -0.15) is 0 Å². The SMILES string of the molecule is CCCP(=O)(O)CCC(C)NC(=O)OCOC(=O)c1ccccc1. The van der Waals surface area contributed by atoms with E-state index in [0.717, 1.165) is 0 Å². The molecule has 0 radical (unpaired) electrons. The Morgan fingerprint density at radius 2 is 1.88 bits per heavy atom. The van der Waals surface area contributed by atoms with E-state index in [9.17, 15) is 19.0 Å². The number of nitrogens with one attached hydrogen (secondary N) is 1. The molecule has 0 fully saturated rings. The maximum atomic E-state index is 11.7. The van der Waals surface area contributed by atoms with E-state index in [1.165, 1.54) is 0 Å². The van der Waals surface area contributed by atoms with Crippen molar-refractivity contribution in [1.82, 2.24) is 5.32 Å². The van der Waals surface area contributed by atoms with Gasteiger partial charge in [0.1, 0.15) is 0 Å². The summed E-state index contributed by atoms with van der Waals surface area (Å²) in [6.45, 7) is 3.06. The largest absolute Gasteiger partial charge is 0.424 e. The highest BCUT2D eigenvalue weighted by Gasteiger charge is 2.19. The molecule has 0 bridgehead atoms. The highest BCUT2D eigenvalue weighted by atomic mass is 31.2. The quantitative estimate of drug-likeness (QED) is 0.400. The molecule has 0 aliphatic carbocycles. The van der Waals surface area contributed by atoms with Crippen molar-refractivity contribution >= 4 is 19.4 Å². The van der Waals surface area contributed by atoms with Gasteiger partial charge in [0.15, 0.2) is 0 Å². The lowest BCUT2D eigenvalue weighted by Gasteiger charge is -2.16. The van der Waals surface area contributed by atoms with E-state index in [1.54, 1.807) is 37.3 Å². The Morgan fingerprint density at radius 3 is 2.50 bits per heavy atom. The first-order valence-electron chi connectivity index (χ1n) is 7.80. The van der Waals surface area contributed by atoms with Crippen LogP contribution in [-0.2, 0) is 14.0 Å². The zero-order chi connectivity index (χ0) is 18.0. The molecule has 0 spiro atoms. The summed E-state index contributed by atoms with van der Waals surface area (Å²) in [6, 6.07) is 8.03. The predicted molar refractivity (Wildman–Crippen MR) is 90.3 cm³/mol. The summed E-state index contributed by atoms with van der Waals surface area (Å²) in [6.07, 6.45) is 0.689. The third kappa shape index (κ3) is 8.13. The maximum Gasteiger partial charge on any atom is 0.410 e. The standard InChI is InChI=1S/C16H24NO6P/c1-3-10-24(20,21)11-9-13(2)17-16(19)23-12-22-15(18)14-7-5-4-6-8-14/h4-8,13H,3,9-12H2,1-2H3,(H,17,19)(H,20,21). The van der Waals surface area contributed by atoms with Crippen molar-refractivity contribution in [3.05, 3.63) is 35.9 Å². The third-order valence-electron chi connectivity index (χ3n) is 3.24. The molecule has 0 saturated carbocycles. The zero-order valence-electron chi connectivity index (χ0n) is 13.9. The fourth-order valence-electron chi connectivity index (χ4n) is 1.97. The summed E-state index contributed by atoms with van der Waals surface area (Å²) in [5.41, 5.74) is 0.365. The molecule has 1 rings (SSSR count). The van der Waals surface area contributed by atoms with Gasteiger partial charge in [0, 0.05) is 18.4 Å². The van der Waals surface area contributed by atoms with E-state index in [0.29, 0.717) is 18.4 Å². The van der Waals surface area contributed by atoms with Crippen LogP contribution >= 0.6 is 7.37 Å². The highest BCUT2D eigenvalue weighted by Crippen LogP contribution is 2.41. The van der Waals surface area contributed by atoms with Crippen LogP contribution in [0.25, 0.3) is 0 Å². The molecule has 2 atom stereocenters. The average molecular weight is 357 g/mol. The minimum Gasteiger partial charge on any atom is -0.424 e. The van der Waals surface area contributed by atoms with Gasteiger partial charge in [0.2, 0.25) is 14.2 Å². The Balaban J connectivity index is 2.24. The molecule has 24 heavy (non-hydrogen) atoms. The number of ether oxygens (including phenoxy) is 2. The Labute approximate surface area is 141 Å². The number of hydrogen-bond acceptors (Lipinski definition) is 5. The number of rotatable bonds is 9. The molecule has 0 saturated heterocycles. The maximum absolute atomic E-state index is 11.7. The second-order valence-corrected chi connectivity index (χ2v) is 8.06. The van der Waals surface area contributed by atoms with E-state index in [2.05, 4.69) is 5.32 Å². The monoisotopic (exact) mass is 357 g/mol. The van der Waals surface area contributed by atoms with Crippen LogP contribution in [0.4, 0.5) is 4.79 Å². The molecule has 0 aromatic heterocycles. The lowest BCUT2D eigenvalue weighted by molar-refractivity contribution is -0.00283. The van der Waals surface area contributed by atoms with E-state index < -0.39 is 26.2 Å². The van der Waals surface area contributed by atoms with Crippen LogP contribution in [0.1, 0.15) is 37.0 Å². The summed E-state index contributed by atoms with van der Waals surface area (Å²) in [7, 11) is -3.12. The van der Waals surface area contributed by atoms with Crippen molar-refractivity contribution in [3.8, 4) is 0 Å². The van der Waals surface area contributed by atoms with Gasteiger partial charge in [-0.1, -0.05) is 25.1 Å². The number of alkyl carbamates (subject to hydrolysis) is 1. The molecular weight excluding hydrogens is 333 g/mol.